The van der Waals surface area contributed by atoms with Gasteiger partial charge >= 0.3 is 0 Å². The van der Waals surface area contributed by atoms with Crippen LogP contribution in [0, 0.1) is 0 Å². The monoisotopic (exact) mass is 287 g/mol. The first-order chi connectivity index (χ1) is 8.87. The Morgan fingerprint density at radius 3 is 2.89 bits per heavy atom. The highest BCUT2D eigenvalue weighted by atomic mass is 32.2. The fourth-order valence-corrected chi connectivity index (χ4v) is 3.86. The molecule has 2 rings (SSSR count). The molecule has 2 heterocycles. The molecular formula is C12H21N3O3S. The van der Waals surface area contributed by atoms with E-state index in [-0.39, 0.29) is 17.5 Å². The van der Waals surface area contributed by atoms with Crippen LogP contribution in [0.1, 0.15) is 26.0 Å². The molecule has 1 aliphatic heterocycles. The minimum absolute atomic E-state index is 0.0328. The van der Waals surface area contributed by atoms with Crippen LogP contribution in [0.2, 0.25) is 0 Å². The number of hydrogen-bond acceptors (Lipinski definition) is 6. The van der Waals surface area contributed by atoms with Crippen molar-refractivity contribution in [3.05, 3.63) is 12.0 Å². The van der Waals surface area contributed by atoms with Crippen molar-refractivity contribution in [2.75, 3.05) is 23.5 Å². The zero-order valence-corrected chi connectivity index (χ0v) is 12.4. The van der Waals surface area contributed by atoms with E-state index in [4.69, 9.17) is 4.42 Å². The van der Waals surface area contributed by atoms with E-state index in [0.717, 1.165) is 5.69 Å². The van der Waals surface area contributed by atoms with Gasteiger partial charge in [-0.15, -0.1) is 0 Å². The SMILES string of the molecule is CC(C)NCc1coc(N(C)C2CCS(=O)(=O)C2)n1. The predicted octanol–water partition coefficient (Wildman–Crippen LogP) is 0.796. The highest BCUT2D eigenvalue weighted by molar-refractivity contribution is 7.91. The molecule has 108 valence electrons. The Morgan fingerprint density at radius 1 is 1.58 bits per heavy atom. The summed E-state index contributed by atoms with van der Waals surface area (Å²) in [5.41, 5.74) is 0.830. The second-order valence-corrected chi connectivity index (χ2v) is 7.55. The van der Waals surface area contributed by atoms with Gasteiger partial charge in [-0.25, -0.2) is 8.42 Å². The van der Waals surface area contributed by atoms with Crippen molar-refractivity contribution in [3.8, 4) is 0 Å². The Bertz CT molecular complexity index is 524. The van der Waals surface area contributed by atoms with Crippen LogP contribution < -0.4 is 10.2 Å². The molecule has 1 aliphatic rings. The topological polar surface area (TPSA) is 75.4 Å². The average Bonchev–Trinajstić information content (AvgIpc) is 2.92. The van der Waals surface area contributed by atoms with Gasteiger partial charge in [-0.1, -0.05) is 13.8 Å². The molecule has 1 atom stereocenters. The van der Waals surface area contributed by atoms with Gasteiger partial charge in [0.2, 0.25) is 0 Å². The van der Waals surface area contributed by atoms with E-state index in [9.17, 15) is 8.42 Å². The van der Waals surface area contributed by atoms with Crippen LogP contribution in [0.3, 0.4) is 0 Å². The molecule has 0 aromatic carbocycles. The Labute approximate surface area is 114 Å². The van der Waals surface area contributed by atoms with Crippen molar-refractivity contribution < 1.29 is 12.8 Å². The van der Waals surface area contributed by atoms with Gasteiger partial charge in [0.25, 0.3) is 6.01 Å². The molecule has 0 bridgehead atoms. The van der Waals surface area contributed by atoms with Crippen LogP contribution in [0.4, 0.5) is 6.01 Å². The lowest BCUT2D eigenvalue weighted by Gasteiger charge is -2.20. The summed E-state index contributed by atoms with van der Waals surface area (Å²) >= 11 is 0. The van der Waals surface area contributed by atoms with E-state index >= 15 is 0 Å². The predicted molar refractivity (Wildman–Crippen MR) is 73.9 cm³/mol. The van der Waals surface area contributed by atoms with Crippen molar-refractivity contribution >= 4 is 15.9 Å². The molecule has 0 radical (unpaired) electrons. The van der Waals surface area contributed by atoms with E-state index in [0.29, 0.717) is 25.0 Å². The standard InChI is InChI=1S/C12H21N3O3S/c1-9(2)13-6-10-7-18-12(14-10)15(3)11-4-5-19(16,17)8-11/h7,9,11,13H,4-6,8H2,1-3H3. The summed E-state index contributed by atoms with van der Waals surface area (Å²) in [6, 6.07) is 0.843. The van der Waals surface area contributed by atoms with Crippen molar-refractivity contribution in [2.45, 2.75) is 38.9 Å². The van der Waals surface area contributed by atoms with Crippen molar-refractivity contribution in [1.82, 2.24) is 10.3 Å². The molecule has 6 nitrogen and oxygen atoms in total. The van der Waals surface area contributed by atoms with E-state index in [1.54, 1.807) is 6.26 Å². The summed E-state index contributed by atoms with van der Waals surface area (Å²) in [6.07, 6.45) is 2.26. The first-order valence-electron chi connectivity index (χ1n) is 6.48. The third-order valence-corrected chi connectivity index (χ3v) is 5.04. The second kappa shape index (κ2) is 5.50. The highest BCUT2D eigenvalue weighted by Gasteiger charge is 2.32. The Kier molecular flexibility index (Phi) is 4.15. The lowest BCUT2D eigenvalue weighted by atomic mass is 10.2. The molecule has 19 heavy (non-hydrogen) atoms. The van der Waals surface area contributed by atoms with Crippen molar-refractivity contribution in [2.24, 2.45) is 0 Å². The van der Waals surface area contributed by atoms with Gasteiger partial charge in [-0.3, -0.25) is 0 Å². The maximum absolute atomic E-state index is 11.5. The molecule has 1 aromatic heterocycles. The van der Waals surface area contributed by atoms with Gasteiger partial charge in [0.1, 0.15) is 6.26 Å². The Balaban J connectivity index is 1.98. The molecule has 7 heteroatoms. The molecule has 0 amide bonds. The van der Waals surface area contributed by atoms with Gasteiger partial charge < -0.3 is 14.6 Å². The second-order valence-electron chi connectivity index (χ2n) is 5.32. The zero-order valence-electron chi connectivity index (χ0n) is 11.6. The van der Waals surface area contributed by atoms with Gasteiger partial charge in [0.15, 0.2) is 9.84 Å². The molecule has 1 fully saturated rings. The van der Waals surface area contributed by atoms with Gasteiger partial charge in [0.05, 0.1) is 17.2 Å². The average molecular weight is 287 g/mol. The minimum atomic E-state index is -2.89. The Hall–Kier alpha value is -1.08. The molecule has 1 N–H and O–H groups in total. The maximum atomic E-state index is 11.5. The summed E-state index contributed by atoms with van der Waals surface area (Å²) in [5, 5.41) is 3.26. The molecule has 1 saturated heterocycles. The quantitative estimate of drug-likeness (QED) is 0.863. The molecule has 0 saturated carbocycles. The van der Waals surface area contributed by atoms with E-state index < -0.39 is 9.84 Å². The molecule has 0 aliphatic carbocycles. The van der Waals surface area contributed by atoms with Gasteiger partial charge in [-0.2, -0.15) is 4.98 Å². The van der Waals surface area contributed by atoms with Crippen LogP contribution in [0.15, 0.2) is 10.7 Å². The molecule has 1 aromatic rings. The zero-order chi connectivity index (χ0) is 14.0. The lowest BCUT2D eigenvalue weighted by molar-refractivity contribution is 0.520. The van der Waals surface area contributed by atoms with E-state index in [2.05, 4.69) is 24.1 Å². The fourth-order valence-electron chi connectivity index (χ4n) is 2.09. The summed E-state index contributed by atoms with van der Waals surface area (Å²) in [4.78, 5) is 6.20. The molecule has 1 unspecified atom stereocenters. The van der Waals surface area contributed by atoms with Crippen LogP contribution >= 0.6 is 0 Å². The van der Waals surface area contributed by atoms with Crippen LogP contribution in [-0.4, -0.2) is 44.0 Å². The number of hydrogen-bond donors (Lipinski definition) is 1. The van der Waals surface area contributed by atoms with Crippen molar-refractivity contribution in [1.29, 1.82) is 0 Å². The van der Waals surface area contributed by atoms with Gasteiger partial charge in [-0.05, 0) is 6.42 Å². The number of anilines is 1. The smallest absolute Gasteiger partial charge is 0.297 e. The summed E-state index contributed by atoms with van der Waals surface area (Å²) in [5.74, 6) is 0.440. The normalized spacial score (nSPS) is 22.0. The van der Waals surface area contributed by atoms with Crippen LogP contribution in [0.25, 0.3) is 0 Å². The fraction of sp³-hybridized carbons (Fsp3) is 0.750. The third kappa shape index (κ3) is 3.70. The third-order valence-electron chi connectivity index (χ3n) is 3.29. The lowest BCUT2D eigenvalue weighted by Crippen LogP contribution is -2.32. The number of sulfone groups is 1. The summed E-state index contributed by atoms with van der Waals surface area (Å²) < 4.78 is 28.4. The van der Waals surface area contributed by atoms with Crippen LogP contribution in [-0.2, 0) is 16.4 Å². The first kappa shape index (κ1) is 14.3. The van der Waals surface area contributed by atoms with E-state index in [1.165, 1.54) is 0 Å². The number of rotatable bonds is 5. The number of nitrogens with zero attached hydrogens (tertiary/aromatic N) is 2. The number of aromatic nitrogens is 1. The minimum Gasteiger partial charge on any atom is -0.432 e. The van der Waals surface area contributed by atoms with Crippen LogP contribution in [0.5, 0.6) is 0 Å². The molecule has 0 spiro atoms. The maximum Gasteiger partial charge on any atom is 0.297 e. The van der Waals surface area contributed by atoms with E-state index in [1.807, 2.05) is 11.9 Å². The van der Waals surface area contributed by atoms with Crippen molar-refractivity contribution in [3.63, 3.8) is 0 Å². The summed E-state index contributed by atoms with van der Waals surface area (Å²) in [7, 11) is -1.06. The number of nitrogens with one attached hydrogen (secondary N) is 1. The first-order valence-corrected chi connectivity index (χ1v) is 8.30. The molecular weight excluding hydrogens is 266 g/mol. The largest absolute Gasteiger partial charge is 0.432 e. The Morgan fingerprint density at radius 2 is 2.32 bits per heavy atom. The highest BCUT2D eigenvalue weighted by Crippen LogP contribution is 2.22. The summed E-state index contributed by atoms with van der Waals surface area (Å²) in [6.45, 7) is 4.78. The van der Waals surface area contributed by atoms with Gasteiger partial charge in [0, 0.05) is 25.7 Å². The number of oxazole rings is 1.